The Hall–Kier alpha value is -1.00. The molecule has 2 unspecified atom stereocenters. The van der Waals surface area contributed by atoms with E-state index in [4.69, 9.17) is 5.73 Å². The number of alkyl halides is 2. The Labute approximate surface area is 113 Å². The number of halogens is 2. The largest absolute Gasteiger partial charge is 0.330 e. The van der Waals surface area contributed by atoms with Gasteiger partial charge in [0, 0.05) is 19.0 Å². The van der Waals surface area contributed by atoms with Crippen molar-refractivity contribution in [2.45, 2.75) is 31.7 Å². The number of benzene rings is 1. The van der Waals surface area contributed by atoms with Gasteiger partial charge in [-0.3, -0.25) is 4.90 Å². The molecule has 4 heteroatoms. The van der Waals surface area contributed by atoms with Crippen LogP contribution in [0.3, 0.4) is 0 Å². The highest BCUT2D eigenvalue weighted by Gasteiger charge is 2.30. The first-order chi connectivity index (χ1) is 8.89. The highest BCUT2D eigenvalue weighted by molar-refractivity contribution is 5.27. The molecular formula is C15H22F2N2. The van der Waals surface area contributed by atoms with Gasteiger partial charge in [0.2, 0.25) is 5.92 Å². The summed E-state index contributed by atoms with van der Waals surface area (Å²) >= 11 is 0. The molecule has 106 valence electrons. The SMILES string of the molecule is CN1CC(CN)CC1c1cccc(CC(C)(F)F)c1. The third-order valence-electron chi connectivity index (χ3n) is 3.82. The fraction of sp³-hybridized carbons (Fsp3) is 0.600. The first-order valence-electron chi connectivity index (χ1n) is 6.76. The lowest BCUT2D eigenvalue weighted by molar-refractivity contribution is 0.0226. The van der Waals surface area contributed by atoms with Crippen molar-refractivity contribution < 1.29 is 8.78 Å². The topological polar surface area (TPSA) is 29.3 Å². The number of nitrogens with two attached hydrogens (primary N) is 1. The molecule has 0 saturated carbocycles. The van der Waals surface area contributed by atoms with Crippen LogP contribution in [0.5, 0.6) is 0 Å². The number of hydrogen-bond acceptors (Lipinski definition) is 2. The molecule has 0 amide bonds. The normalized spacial score (nSPS) is 24.9. The second kappa shape index (κ2) is 5.55. The van der Waals surface area contributed by atoms with E-state index in [0.717, 1.165) is 25.5 Å². The van der Waals surface area contributed by atoms with Crippen molar-refractivity contribution in [3.05, 3.63) is 35.4 Å². The van der Waals surface area contributed by atoms with Gasteiger partial charge in [0.05, 0.1) is 0 Å². The van der Waals surface area contributed by atoms with E-state index in [-0.39, 0.29) is 6.42 Å². The summed E-state index contributed by atoms with van der Waals surface area (Å²) in [5.41, 5.74) is 7.55. The van der Waals surface area contributed by atoms with Crippen LogP contribution < -0.4 is 5.73 Å². The van der Waals surface area contributed by atoms with Crippen molar-refractivity contribution in [1.29, 1.82) is 0 Å². The van der Waals surface area contributed by atoms with Gasteiger partial charge in [0.15, 0.2) is 0 Å². The molecule has 2 atom stereocenters. The molecule has 1 heterocycles. The Morgan fingerprint density at radius 3 is 2.74 bits per heavy atom. The summed E-state index contributed by atoms with van der Waals surface area (Å²) in [5.74, 6) is -2.15. The molecule has 0 radical (unpaired) electrons. The fourth-order valence-corrected chi connectivity index (χ4v) is 2.93. The Balaban J connectivity index is 2.15. The van der Waals surface area contributed by atoms with E-state index in [1.54, 1.807) is 6.07 Å². The van der Waals surface area contributed by atoms with E-state index in [9.17, 15) is 8.78 Å². The van der Waals surface area contributed by atoms with Crippen molar-refractivity contribution in [2.75, 3.05) is 20.1 Å². The molecule has 2 nitrogen and oxygen atoms in total. The van der Waals surface area contributed by atoms with Crippen molar-refractivity contribution in [2.24, 2.45) is 11.7 Å². The van der Waals surface area contributed by atoms with Crippen LogP contribution in [-0.4, -0.2) is 31.0 Å². The predicted molar refractivity (Wildman–Crippen MR) is 73.3 cm³/mol. The lowest BCUT2D eigenvalue weighted by Crippen LogP contribution is -2.20. The van der Waals surface area contributed by atoms with E-state index >= 15 is 0 Å². The van der Waals surface area contributed by atoms with Gasteiger partial charge in [0.1, 0.15) is 0 Å². The minimum Gasteiger partial charge on any atom is -0.330 e. The van der Waals surface area contributed by atoms with E-state index in [0.29, 0.717) is 24.1 Å². The lowest BCUT2D eigenvalue weighted by atomic mass is 9.97. The molecule has 1 aromatic carbocycles. The summed E-state index contributed by atoms with van der Waals surface area (Å²) in [6, 6.07) is 7.89. The second-order valence-corrected chi connectivity index (χ2v) is 5.78. The van der Waals surface area contributed by atoms with Gasteiger partial charge in [-0.05, 0) is 44.0 Å². The summed E-state index contributed by atoms with van der Waals surface area (Å²) in [6.45, 7) is 2.63. The summed E-state index contributed by atoms with van der Waals surface area (Å²) < 4.78 is 26.2. The van der Waals surface area contributed by atoms with Crippen LogP contribution in [-0.2, 0) is 6.42 Å². The Bertz CT molecular complexity index is 428. The minimum atomic E-state index is -2.65. The van der Waals surface area contributed by atoms with Crippen LogP contribution in [0.15, 0.2) is 24.3 Å². The van der Waals surface area contributed by atoms with Crippen LogP contribution in [0.1, 0.15) is 30.5 Å². The molecule has 19 heavy (non-hydrogen) atoms. The van der Waals surface area contributed by atoms with Crippen molar-refractivity contribution in [3.8, 4) is 0 Å². The van der Waals surface area contributed by atoms with Crippen molar-refractivity contribution in [3.63, 3.8) is 0 Å². The van der Waals surface area contributed by atoms with Gasteiger partial charge in [-0.2, -0.15) is 0 Å². The zero-order valence-electron chi connectivity index (χ0n) is 11.6. The van der Waals surface area contributed by atoms with Crippen LogP contribution in [0.4, 0.5) is 8.78 Å². The quantitative estimate of drug-likeness (QED) is 0.910. The molecule has 1 saturated heterocycles. The molecule has 1 fully saturated rings. The molecule has 0 aliphatic carbocycles. The predicted octanol–water partition coefficient (Wildman–Crippen LogP) is 2.84. The standard InChI is InChI=1S/C15H22F2N2/c1-15(16,17)8-11-4-3-5-13(6-11)14-7-12(9-18)10-19(14)2/h3-6,12,14H,7-10,18H2,1-2H3. The van der Waals surface area contributed by atoms with Gasteiger partial charge >= 0.3 is 0 Å². The summed E-state index contributed by atoms with van der Waals surface area (Å²) in [5, 5.41) is 0. The van der Waals surface area contributed by atoms with Crippen LogP contribution in [0.25, 0.3) is 0 Å². The lowest BCUT2D eigenvalue weighted by Gasteiger charge is -2.20. The van der Waals surface area contributed by atoms with E-state index in [2.05, 4.69) is 11.9 Å². The number of hydrogen-bond donors (Lipinski definition) is 1. The van der Waals surface area contributed by atoms with Gasteiger partial charge in [0.25, 0.3) is 0 Å². The van der Waals surface area contributed by atoms with Crippen LogP contribution in [0, 0.1) is 5.92 Å². The van der Waals surface area contributed by atoms with Crippen LogP contribution in [0.2, 0.25) is 0 Å². The van der Waals surface area contributed by atoms with Crippen LogP contribution >= 0.6 is 0 Å². The second-order valence-electron chi connectivity index (χ2n) is 5.78. The highest BCUT2D eigenvalue weighted by atomic mass is 19.3. The molecule has 0 bridgehead atoms. The molecular weight excluding hydrogens is 246 g/mol. The fourth-order valence-electron chi connectivity index (χ4n) is 2.93. The number of likely N-dealkylation sites (tertiary alicyclic amines) is 1. The number of nitrogens with zero attached hydrogens (tertiary/aromatic N) is 1. The maximum absolute atomic E-state index is 13.1. The zero-order valence-corrected chi connectivity index (χ0v) is 11.6. The van der Waals surface area contributed by atoms with Gasteiger partial charge in [-0.15, -0.1) is 0 Å². The Kier molecular flexibility index (Phi) is 4.21. The molecule has 1 aliphatic heterocycles. The average Bonchev–Trinajstić information content (AvgIpc) is 2.69. The minimum absolute atomic E-state index is 0.197. The molecule has 2 rings (SSSR count). The van der Waals surface area contributed by atoms with Gasteiger partial charge < -0.3 is 5.73 Å². The Morgan fingerprint density at radius 2 is 2.16 bits per heavy atom. The molecule has 0 aromatic heterocycles. The summed E-state index contributed by atoms with van der Waals surface area (Å²) in [4.78, 5) is 2.26. The van der Waals surface area contributed by atoms with Crippen molar-refractivity contribution >= 4 is 0 Å². The van der Waals surface area contributed by atoms with Gasteiger partial charge in [-0.25, -0.2) is 8.78 Å². The monoisotopic (exact) mass is 268 g/mol. The van der Waals surface area contributed by atoms with Gasteiger partial charge in [-0.1, -0.05) is 24.3 Å². The zero-order chi connectivity index (χ0) is 14.0. The molecule has 0 spiro atoms. The Morgan fingerprint density at radius 1 is 1.42 bits per heavy atom. The summed E-state index contributed by atoms with van der Waals surface area (Å²) in [7, 11) is 2.07. The molecule has 1 aliphatic rings. The van der Waals surface area contributed by atoms with E-state index < -0.39 is 5.92 Å². The maximum Gasteiger partial charge on any atom is 0.249 e. The average molecular weight is 268 g/mol. The third kappa shape index (κ3) is 3.74. The van der Waals surface area contributed by atoms with Crippen molar-refractivity contribution in [1.82, 2.24) is 4.90 Å². The highest BCUT2D eigenvalue weighted by Crippen LogP contribution is 2.34. The first-order valence-corrected chi connectivity index (χ1v) is 6.76. The van der Waals surface area contributed by atoms with E-state index in [1.165, 1.54) is 0 Å². The molecule has 1 aromatic rings. The first kappa shape index (κ1) is 14.4. The third-order valence-corrected chi connectivity index (χ3v) is 3.82. The molecule has 2 N–H and O–H groups in total. The van der Waals surface area contributed by atoms with E-state index in [1.807, 2.05) is 18.2 Å². The smallest absolute Gasteiger partial charge is 0.249 e. The maximum atomic E-state index is 13.1. The summed E-state index contributed by atoms with van der Waals surface area (Å²) in [6.07, 6.45) is 0.816. The number of rotatable bonds is 4.